The Morgan fingerprint density at radius 2 is 1.05 bits per heavy atom. The SMILES string of the molecule is CC=COCC(F)(F)C(F)(F)C(F)(F)COC=CC. The summed E-state index contributed by atoms with van der Waals surface area (Å²) in [4.78, 5) is 0. The Balaban J connectivity index is 4.88. The summed E-state index contributed by atoms with van der Waals surface area (Å²) in [7, 11) is 0. The zero-order valence-corrected chi connectivity index (χ0v) is 10.3. The molecule has 0 saturated heterocycles. The summed E-state index contributed by atoms with van der Waals surface area (Å²) in [5.41, 5.74) is 0. The molecule has 0 radical (unpaired) electrons. The van der Waals surface area contributed by atoms with E-state index < -0.39 is 31.0 Å². The number of hydrogen-bond donors (Lipinski definition) is 0. The average Bonchev–Trinajstić information content (AvgIpc) is 2.29. The largest absolute Gasteiger partial charge is 0.495 e. The van der Waals surface area contributed by atoms with Gasteiger partial charge in [0.05, 0.1) is 12.5 Å². The second kappa shape index (κ2) is 6.72. The number of ether oxygens (including phenoxy) is 2. The van der Waals surface area contributed by atoms with E-state index in [1.165, 1.54) is 13.8 Å². The maximum absolute atomic E-state index is 13.1. The van der Waals surface area contributed by atoms with Gasteiger partial charge >= 0.3 is 17.8 Å². The Bertz CT molecular complexity index is 295. The van der Waals surface area contributed by atoms with Gasteiger partial charge in [0.25, 0.3) is 0 Å². The Hall–Kier alpha value is -1.34. The lowest BCUT2D eigenvalue weighted by atomic mass is 10.1. The van der Waals surface area contributed by atoms with E-state index >= 15 is 0 Å². The molecular formula is C11H14F6O2. The Labute approximate surface area is 106 Å². The van der Waals surface area contributed by atoms with Crippen LogP contribution in [0.15, 0.2) is 24.7 Å². The molecular weight excluding hydrogens is 278 g/mol. The lowest BCUT2D eigenvalue weighted by Gasteiger charge is -2.31. The summed E-state index contributed by atoms with van der Waals surface area (Å²) in [6.07, 6.45) is 3.72. The monoisotopic (exact) mass is 292 g/mol. The maximum Gasteiger partial charge on any atom is 0.378 e. The molecule has 0 aromatic rings. The highest BCUT2D eigenvalue weighted by molar-refractivity contribution is 4.97. The van der Waals surface area contributed by atoms with Crippen molar-refractivity contribution in [2.75, 3.05) is 13.2 Å². The number of rotatable bonds is 8. The molecule has 0 aliphatic carbocycles. The Morgan fingerprint density at radius 1 is 0.737 bits per heavy atom. The van der Waals surface area contributed by atoms with E-state index in [1.54, 1.807) is 0 Å². The molecule has 0 heterocycles. The molecule has 2 nitrogen and oxygen atoms in total. The summed E-state index contributed by atoms with van der Waals surface area (Å²) in [6.45, 7) is -0.946. The number of hydrogen-bond acceptors (Lipinski definition) is 2. The van der Waals surface area contributed by atoms with Gasteiger partial charge in [-0.15, -0.1) is 0 Å². The van der Waals surface area contributed by atoms with Crippen molar-refractivity contribution in [2.45, 2.75) is 31.6 Å². The van der Waals surface area contributed by atoms with Gasteiger partial charge in [-0.05, 0) is 13.8 Å². The van der Waals surface area contributed by atoms with Crippen LogP contribution in [0.2, 0.25) is 0 Å². The average molecular weight is 292 g/mol. The fourth-order valence-corrected chi connectivity index (χ4v) is 0.947. The molecule has 0 rings (SSSR count). The molecule has 19 heavy (non-hydrogen) atoms. The predicted octanol–water partition coefficient (Wildman–Crippen LogP) is 3.99. The van der Waals surface area contributed by atoms with Gasteiger partial charge in [-0.25, -0.2) is 0 Å². The Morgan fingerprint density at radius 3 is 1.32 bits per heavy atom. The minimum atomic E-state index is -5.59. The summed E-state index contributed by atoms with van der Waals surface area (Å²) in [6, 6.07) is 0. The van der Waals surface area contributed by atoms with Crippen molar-refractivity contribution in [3.63, 3.8) is 0 Å². The molecule has 0 bridgehead atoms. The zero-order chi connectivity index (χ0) is 15.2. The standard InChI is InChI=1S/C11H14F6O2/c1-3-5-18-7-9(12,13)11(16,17)10(14,15)8-19-6-4-2/h3-6H,7-8H2,1-2H3. The van der Waals surface area contributed by atoms with E-state index in [4.69, 9.17) is 0 Å². The smallest absolute Gasteiger partial charge is 0.378 e. The van der Waals surface area contributed by atoms with Crippen LogP contribution in [0.3, 0.4) is 0 Å². The highest BCUT2D eigenvalue weighted by atomic mass is 19.3. The molecule has 8 heteroatoms. The van der Waals surface area contributed by atoms with E-state index in [2.05, 4.69) is 9.47 Å². The maximum atomic E-state index is 13.1. The summed E-state index contributed by atoms with van der Waals surface area (Å²) in [5, 5.41) is 0. The summed E-state index contributed by atoms with van der Waals surface area (Å²) < 4.78 is 86.6. The van der Waals surface area contributed by atoms with Crippen LogP contribution in [0.4, 0.5) is 26.3 Å². The van der Waals surface area contributed by atoms with Gasteiger partial charge < -0.3 is 9.47 Å². The van der Waals surface area contributed by atoms with Gasteiger partial charge in [-0.3, -0.25) is 0 Å². The molecule has 0 spiro atoms. The van der Waals surface area contributed by atoms with Gasteiger partial charge in [0, 0.05) is 0 Å². The van der Waals surface area contributed by atoms with Crippen LogP contribution in [-0.4, -0.2) is 31.0 Å². The first kappa shape index (κ1) is 17.7. The van der Waals surface area contributed by atoms with Crippen molar-refractivity contribution in [3.05, 3.63) is 24.7 Å². The van der Waals surface area contributed by atoms with E-state index in [1.807, 2.05) is 0 Å². The molecule has 0 aliphatic heterocycles. The van der Waals surface area contributed by atoms with E-state index in [0.29, 0.717) is 12.5 Å². The third-order valence-corrected chi connectivity index (χ3v) is 1.91. The van der Waals surface area contributed by atoms with Crippen molar-refractivity contribution in [1.29, 1.82) is 0 Å². The van der Waals surface area contributed by atoms with E-state index in [-0.39, 0.29) is 0 Å². The lowest BCUT2D eigenvalue weighted by Crippen LogP contribution is -2.57. The highest BCUT2D eigenvalue weighted by Crippen LogP contribution is 2.45. The minimum Gasteiger partial charge on any atom is -0.495 e. The molecule has 0 atom stereocenters. The topological polar surface area (TPSA) is 18.5 Å². The third kappa shape index (κ3) is 4.36. The molecule has 0 fully saturated rings. The van der Waals surface area contributed by atoms with Gasteiger partial charge in [-0.2, -0.15) is 26.3 Å². The molecule has 0 aromatic carbocycles. The fraction of sp³-hybridized carbons (Fsp3) is 0.636. The van der Waals surface area contributed by atoms with Crippen molar-refractivity contribution in [3.8, 4) is 0 Å². The van der Waals surface area contributed by atoms with Gasteiger partial charge in [0.15, 0.2) is 13.2 Å². The summed E-state index contributed by atoms with van der Waals surface area (Å²) >= 11 is 0. The number of alkyl halides is 6. The first-order valence-corrected chi connectivity index (χ1v) is 5.21. The van der Waals surface area contributed by atoms with Crippen molar-refractivity contribution in [1.82, 2.24) is 0 Å². The van der Waals surface area contributed by atoms with Crippen LogP contribution in [0.5, 0.6) is 0 Å². The zero-order valence-electron chi connectivity index (χ0n) is 10.3. The molecule has 0 aromatic heterocycles. The third-order valence-electron chi connectivity index (χ3n) is 1.91. The molecule has 0 saturated carbocycles. The first-order valence-electron chi connectivity index (χ1n) is 5.21. The minimum absolute atomic E-state index is 0.707. The van der Waals surface area contributed by atoms with Gasteiger partial charge in [0.1, 0.15) is 0 Å². The molecule has 0 unspecified atom stereocenters. The van der Waals surface area contributed by atoms with Crippen LogP contribution in [-0.2, 0) is 9.47 Å². The first-order chi connectivity index (χ1) is 8.62. The normalized spacial score (nSPS) is 14.3. The van der Waals surface area contributed by atoms with Crippen LogP contribution < -0.4 is 0 Å². The van der Waals surface area contributed by atoms with Crippen LogP contribution in [0.1, 0.15) is 13.8 Å². The molecule has 0 N–H and O–H groups in total. The molecule has 112 valence electrons. The second-order valence-electron chi connectivity index (χ2n) is 3.54. The molecule has 0 aliphatic rings. The van der Waals surface area contributed by atoms with Crippen LogP contribution in [0.25, 0.3) is 0 Å². The Kier molecular flexibility index (Phi) is 6.24. The highest BCUT2D eigenvalue weighted by Gasteiger charge is 2.72. The number of allylic oxidation sites excluding steroid dienone is 2. The van der Waals surface area contributed by atoms with Crippen molar-refractivity contribution < 1.29 is 35.8 Å². The van der Waals surface area contributed by atoms with Gasteiger partial charge in [-0.1, -0.05) is 12.2 Å². The summed E-state index contributed by atoms with van der Waals surface area (Å²) in [5.74, 6) is -15.7. The van der Waals surface area contributed by atoms with Crippen molar-refractivity contribution >= 4 is 0 Å². The van der Waals surface area contributed by atoms with Crippen LogP contribution in [0, 0.1) is 0 Å². The predicted molar refractivity (Wildman–Crippen MR) is 56.4 cm³/mol. The number of halogens is 6. The van der Waals surface area contributed by atoms with Crippen LogP contribution >= 0.6 is 0 Å². The van der Waals surface area contributed by atoms with Gasteiger partial charge in [0.2, 0.25) is 0 Å². The quantitative estimate of drug-likeness (QED) is 0.497. The van der Waals surface area contributed by atoms with E-state index in [9.17, 15) is 26.3 Å². The molecule has 0 amide bonds. The second-order valence-corrected chi connectivity index (χ2v) is 3.54. The van der Waals surface area contributed by atoms with E-state index in [0.717, 1.165) is 12.2 Å². The van der Waals surface area contributed by atoms with Crippen molar-refractivity contribution in [2.24, 2.45) is 0 Å². The lowest BCUT2D eigenvalue weighted by molar-refractivity contribution is -0.323. The fourth-order valence-electron chi connectivity index (χ4n) is 0.947.